The van der Waals surface area contributed by atoms with E-state index in [1.54, 1.807) is 25.6 Å². The molecule has 1 N–H and O–H groups in total. The van der Waals surface area contributed by atoms with E-state index in [0.29, 0.717) is 18.9 Å². The lowest BCUT2D eigenvalue weighted by Gasteiger charge is -2.10. The minimum absolute atomic E-state index is 0.179. The standard InChI is InChI=1S/C27H28N2O3S/c1-18(14-15-31-2)16-25(30)21-6-4-19(5-7-21)20-8-10-22(11-9-20)28-27-29-24-13-12-23(32-3)17-26(24)33-27/h4-13,17-18H,14-16H2,1-3H3,(H,28,29). The molecule has 0 aliphatic carbocycles. The van der Waals surface area contributed by atoms with Crippen molar-refractivity contribution < 1.29 is 14.3 Å². The average molecular weight is 461 g/mol. The normalized spacial score (nSPS) is 12.0. The molecule has 0 aliphatic rings. The van der Waals surface area contributed by atoms with Gasteiger partial charge in [-0.15, -0.1) is 0 Å². The van der Waals surface area contributed by atoms with Gasteiger partial charge >= 0.3 is 0 Å². The maximum Gasteiger partial charge on any atom is 0.188 e. The number of ether oxygens (including phenoxy) is 2. The second-order valence-corrected chi connectivity index (χ2v) is 9.18. The van der Waals surface area contributed by atoms with Crippen molar-refractivity contribution >= 4 is 38.2 Å². The Morgan fingerprint density at radius 1 is 1.00 bits per heavy atom. The lowest BCUT2D eigenvalue weighted by molar-refractivity contribution is 0.0952. The molecule has 5 nitrogen and oxygen atoms in total. The Hall–Kier alpha value is -3.22. The predicted molar refractivity (Wildman–Crippen MR) is 136 cm³/mol. The summed E-state index contributed by atoms with van der Waals surface area (Å²) in [7, 11) is 3.35. The molecule has 1 aromatic heterocycles. The van der Waals surface area contributed by atoms with Gasteiger partial charge in [-0.1, -0.05) is 54.7 Å². The SMILES string of the molecule is COCCC(C)CC(=O)c1ccc(-c2ccc(Nc3nc4ccc(OC)cc4s3)cc2)cc1. The second-order valence-electron chi connectivity index (χ2n) is 8.15. The number of nitrogens with zero attached hydrogens (tertiary/aromatic N) is 1. The van der Waals surface area contributed by atoms with Gasteiger partial charge in [0.2, 0.25) is 0 Å². The molecule has 0 bridgehead atoms. The number of nitrogens with one attached hydrogen (secondary N) is 1. The lowest BCUT2D eigenvalue weighted by Crippen LogP contribution is -2.08. The minimum Gasteiger partial charge on any atom is -0.497 e. The van der Waals surface area contributed by atoms with Gasteiger partial charge in [0.1, 0.15) is 5.75 Å². The van der Waals surface area contributed by atoms with Crippen LogP contribution in [0.4, 0.5) is 10.8 Å². The lowest BCUT2D eigenvalue weighted by atomic mass is 9.96. The fraction of sp³-hybridized carbons (Fsp3) is 0.259. The highest BCUT2D eigenvalue weighted by Gasteiger charge is 2.12. The molecule has 0 aliphatic heterocycles. The summed E-state index contributed by atoms with van der Waals surface area (Å²) in [6, 6.07) is 22.0. The smallest absolute Gasteiger partial charge is 0.188 e. The molecular formula is C27H28N2O3S. The van der Waals surface area contributed by atoms with Crippen LogP contribution >= 0.6 is 11.3 Å². The molecule has 0 saturated heterocycles. The number of thiazole rings is 1. The van der Waals surface area contributed by atoms with Gasteiger partial charge in [0.25, 0.3) is 0 Å². The van der Waals surface area contributed by atoms with Crippen molar-refractivity contribution in [2.75, 3.05) is 26.1 Å². The first-order valence-electron chi connectivity index (χ1n) is 11.0. The number of benzene rings is 3. The van der Waals surface area contributed by atoms with Gasteiger partial charge in [0, 0.05) is 31.4 Å². The van der Waals surface area contributed by atoms with Crippen molar-refractivity contribution in [2.45, 2.75) is 19.8 Å². The van der Waals surface area contributed by atoms with Crippen LogP contribution in [0.15, 0.2) is 66.7 Å². The van der Waals surface area contributed by atoms with E-state index in [0.717, 1.165) is 49.9 Å². The van der Waals surface area contributed by atoms with E-state index < -0.39 is 0 Å². The summed E-state index contributed by atoms with van der Waals surface area (Å²) in [6.45, 7) is 2.78. The van der Waals surface area contributed by atoms with Crippen molar-refractivity contribution in [3.63, 3.8) is 0 Å². The van der Waals surface area contributed by atoms with Gasteiger partial charge in [0.15, 0.2) is 10.9 Å². The minimum atomic E-state index is 0.179. The summed E-state index contributed by atoms with van der Waals surface area (Å²) in [5.41, 5.74) is 4.86. The zero-order valence-electron chi connectivity index (χ0n) is 19.1. The maximum atomic E-state index is 12.5. The number of ketones is 1. The number of anilines is 2. The number of carbonyl (C=O) groups is 1. The molecule has 1 heterocycles. The average Bonchev–Trinajstić information content (AvgIpc) is 3.24. The van der Waals surface area contributed by atoms with E-state index in [1.807, 2.05) is 54.6 Å². The second kappa shape index (κ2) is 10.6. The summed E-state index contributed by atoms with van der Waals surface area (Å²) >= 11 is 1.59. The number of hydrogen-bond acceptors (Lipinski definition) is 6. The number of carbonyl (C=O) groups excluding carboxylic acids is 1. The Balaban J connectivity index is 1.40. The molecular weight excluding hydrogens is 432 g/mol. The first-order chi connectivity index (χ1) is 16.1. The highest BCUT2D eigenvalue weighted by molar-refractivity contribution is 7.22. The van der Waals surface area contributed by atoms with Crippen LogP contribution in [0.1, 0.15) is 30.1 Å². The zero-order valence-corrected chi connectivity index (χ0v) is 19.9. The van der Waals surface area contributed by atoms with Crippen LogP contribution in [0.3, 0.4) is 0 Å². The molecule has 0 fully saturated rings. The molecule has 3 aromatic carbocycles. The Bertz CT molecular complexity index is 1220. The topological polar surface area (TPSA) is 60.5 Å². The number of methoxy groups -OCH3 is 2. The van der Waals surface area contributed by atoms with Gasteiger partial charge in [0.05, 0.1) is 17.3 Å². The highest BCUT2D eigenvalue weighted by Crippen LogP contribution is 2.31. The Labute approximate surface area is 198 Å². The first-order valence-corrected chi connectivity index (χ1v) is 11.8. The summed E-state index contributed by atoms with van der Waals surface area (Å²) in [5, 5.41) is 4.22. The van der Waals surface area contributed by atoms with Crippen LogP contribution in [0.2, 0.25) is 0 Å². The third kappa shape index (κ3) is 5.78. The van der Waals surface area contributed by atoms with Gasteiger partial charge < -0.3 is 14.8 Å². The highest BCUT2D eigenvalue weighted by atomic mass is 32.1. The molecule has 170 valence electrons. The zero-order chi connectivity index (χ0) is 23.2. The summed E-state index contributed by atoms with van der Waals surface area (Å²) in [4.78, 5) is 17.2. The van der Waals surface area contributed by atoms with Crippen molar-refractivity contribution in [1.82, 2.24) is 4.98 Å². The van der Waals surface area contributed by atoms with Gasteiger partial charge in [-0.3, -0.25) is 4.79 Å². The van der Waals surface area contributed by atoms with E-state index in [2.05, 4.69) is 29.4 Å². The Morgan fingerprint density at radius 3 is 2.36 bits per heavy atom. The quantitative estimate of drug-likeness (QED) is 0.259. The molecule has 1 unspecified atom stereocenters. The number of fused-ring (bicyclic) bond motifs is 1. The molecule has 33 heavy (non-hydrogen) atoms. The van der Waals surface area contributed by atoms with E-state index in [1.165, 1.54) is 0 Å². The monoisotopic (exact) mass is 460 g/mol. The molecule has 4 aromatic rings. The van der Waals surface area contributed by atoms with Gasteiger partial charge in [-0.2, -0.15) is 0 Å². The number of Topliss-reactive ketones (excluding diaryl/α,β-unsaturated/α-hetero) is 1. The van der Waals surface area contributed by atoms with E-state index >= 15 is 0 Å². The third-order valence-corrected chi connectivity index (χ3v) is 6.55. The number of hydrogen-bond donors (Lipinski definition) is 1. The van der Waals surface area contributed by atoms with Crippen LogP contribution < -0.4 is 10.1 Å². The van der Waals surface area contributed by atoms with E-state index in [9.17, 15) is 4.79 Å². The molecule has 4 rings (SSSR count). The van der Waals surface area contributed by atoms with Crippen LogP contribution in [0, 0.1) is 5.92 Å². The molecule has 0 amide bonds. The third-order valence-electron chi connectivity index (χ3n) is 5.62. The molecule has 0 spiro atoms. The summed E-state index contributed by atoms with van der Waals surface area (Å²) in [5.74, 6) is 1.32. The predicted octanol–water partition coefficient (Wildman–Crippen LogP) is 6.96. The van der Waals surface area contributed by atoms with Crippen LogP contribution in [-0.2, 0) is 4.74 Å². The van der Waals surface area contributed by atoms with Crippen LogP contribution in [0.5, 0.6) is 5.75 Å². The van der Waals surface area contributed by atoms with Crippen molar-refractivity contribution in [2.24, 2.45) is 5.92 Å². The first kappa shape index (κ1) is 23.0. The number of rotatable bonds is 10. The fourth-order valence-electron chi connectivity index (χ4n) is 3.66. The van der Waals surface area contributed by atoms with E-state index in [4.69, 9.17) is 9.47 Å². The fourth-order valence-corrected chi connectivity index (χ4v) is 4.57. The molecule has 0 saturated carbocycles. The Kier molecular flexibility index (Phi) is 7.37. The Morgan fingerprint density at radius 2 is 1.70 bits per heavy atom. The van der Waals surface area contributed by atoms with Crippen LogP contribution in [-0.4, -0.2) is 31.6 Å². The van der Waals surface area contributed by atoms with Gasteiger partial charge in [-0.25, -0.2) is 4.98 Å². The van der Waals surface area contributed by atoms with Crippen LogP contribution in [0.25, 0.3) is 21.3 Å². The summed E-state index contributed by atoms with van der Waals surface area (Å²) in [6.07, 6.45) is 1.44. The van der Waals surface area contributed by atoms with Crippen molar-refractivity contribution in [3.8, 4) is 16.9 Å². The van der Waals surface area contributed by atoms with E-state index in [-0.39, 0.29) is 5.78 Å². The van der Waals surface area contributed by atoms with Crippen molar-refractivity contribution in [1.29, 1.82) is 0 Å². The molecule has 6 heteroatoms. The largest absolute Gasteiger partial charge is 0.497 e. The maximum absolute atomic E-state index is 12.5. The molecule has 1 atom stereocenters. The number of aromatic nitrogens is 1. The summed E-state index contributed by atoms with van der Waals surface area (Å²) < 4.78 is 11.5. The van der Waals surface area contributed by atoms with Gasteiger partial charge in [-0.05, 0) is 53.8 Å². The molecule has 0 radical (unpaired) electrons. The van der Waals surface area contributed by atoms with Crippen molar-refractivity contribution in [3.05, 3.63) is 72.3 Å².